The highest BCUT2D eigenvalue weighted by molar-refractivity contribution is 7.10. The third-order valence-corrected chi connectivity index (χ3v) is 4.00. The van der Waals surface area contributed by atoms with Crippen molar-refractivity contribution >= 4 is 17.3 Å². The van der Waals surface area contributed by atoms with E-state index < -0.39 is 5.97 Å². The smallest absolute Gasteiger partial charge is 0.373 e. The van der Waals surface area contributed by atoms with Crippen molar-refractivity contribution in [2.24, 2.45) is 0 Å². The minimum Gasteiger partial charge on any atom is -0.463 e. The molecule has 0 aliphatic carbocycles. The molecule has 2 aromatic heterocycles. The predicted molar refractivity (Wildman–Crippen MR) is 74.4 cm³/mol. The van der Waals surface area contributed by atoms with Crippen molar-refractivity contribution in [3.63, 3.8) is 0 Å². The molecule has 0 fully saturated rings. The Morgan fingerprint density at radius 2 is 2.26 bits per heavy atom. The van der Waals surface area contributed by atoms with Crippen LogP contribution in [0, 0.1) is 6.92 Å². The van der Waals surface area contributed by atoms with Gasteiger partial charge in [-0.25, -0.2) is 4.79 Å². The number of ether oxygens (including phenoxy) is 1. The van der Waals surface area contributed by atoms with Crippen LogP contribution in [-0.4, -0.2) is 13.1 Å². The molecule has 0 spiro atoms. The molecule has 2 rings (SSSR count). The van der Waals surface area contributed by atoms with Gasteiger partial charge < -0.3 is 14.5 Å². The number of carbonyl (C=O) groups excluding carboxylic acids is 1. The average Bonchev–Trinajstić information content (AvgIpc) is 3.04. The number of rotatable bonds is 5. The van der Waals surface area contributed by atoms with E-state index in [1.165, 1.54) is 17.6 Å². The summed E-state index contributed by atoms with van der Waals surface area (Å²) in [6.07, 6.45) is 0. The largest absolute Gasteiger partial charge is 0.463 e. The number of methoxy groups -OCH3 is 1. The average molecular weight is 279 g/mol. The van der Waals surface area contributed by atoms with Crippen molar-refractivity contribution in [1.82, 2.24) is 5.32 Å². The van der Waals surface area contributed by atoms with E-state index >= 15 is 0 Å². The highest BCUT2D eigenvalue weighted by atomic mass is 32.1. The highest BCUT2D eigenvalue weighted by Gasteiger charge is 2.15. The van der Waals surface area contributed by atoms with Gasteiger partial charge in [-0.15, -0.1) is 11.3 Å². The number of nitrogens with one attached hydrogen (secondary N) is 1. The number of furan rings is 1. The van der Waals surface area contributed by atoms with Crippen molar-refractivity contribution in [1.29, 1.82) is 0 Å². The van der Waals surface area contributed by atoms with Gasteiger partial charge in [-0.05, 0) is 43.0 Å². The molecular formula is C14H17NO3S. The van der Waals surface area contributed by atoms with Gasteiger partial charge >= 0.3 is 5.97 Å². The monoisotopic (exact) mass is 279 g/mol. The molecular weight excluding hydrogens is 262 g/mol. The van der Waals surface area contributed by atoms with Gasteiger partial charge in [-0.1, -0.05) is 0 Å². The molecule has 1 atom stereocenters. The Hall–Kier alpha value is -1.59. The number of hydrogen-bond donors (Lipinski definition) is 1. The zero-order valence-corrected chi connectivity index (χ0v) is 12.0. The molecule has 0 radical (unpaired) electrons. The lowest BCUT2D eigenvalue weighted by molar-refractivity contribution is 0.0562. The normalized spacial score (nSPS) is 12.4. The minimum atomic E-state index is -0.451. The van der Waals surface area contributed by atoms with Crippen molar-refractivity contribution < 1.29 is 13.9 Å². The van der Waals surface area contributed by atoms with Crippen LogP contribution in [0.1, 0.15) is 39.7 Å². The van der Waals surface area contributed by atoms with Crippen LogP contribution in [0.15, 0.2) is 28.0 Å². The van der Waals surface area contributed by atoms with E-state index in [-0.39, 0.29) is 11.8 Å². The van der Waals surface area contributed by atoms with E-state index in [1.54, 1.807) is 23.5 Å². The standard InChI is InChI=1S/C14H17NO3S/c1-9-6-7-19-13(9)8-15-10(2)11-4-5-12(18-11)14(16)17-3/h4-7,10,15H,8H2,1-3H3. The molecule has 1 unspecified atom stereocenters. The van der Waals surface area contributed by atoms with E-state index in [4.69, 9.17) is 4.42 Å². The highest BCUT2D eigenvalue weighted by Crippen LogP contribution is 2.20. The Labute approximate surface area is 116 Å². The van der Waals surface area contributed by atoms with Crippen molar-refractivity contribution in [2.45, 2.75) is 26.4 Å². The quantitative estimate of drug-likeness (QED) is 0.853. The van der Waals surface area contributed by atoms with Crippen LogP contribution in [0.4, 0.5) is 0 Å². The van der Waals surface area contributed by atoms with E-state index in [0.717, 1.165) is 12.3 Å². The lowest BCUT2D eigenvalue weighted by Crippen LogP contribution is -2.17. The molecule has 0 amide bonds. The maximum atomic E-state index is 11.3. The van der Waals surface area contributed by atoms with E-state index in [0.29, 0.717) is 0 Å². The fraction of sp³-hybridized carbons (Fsp3) is 0.357. The molecule has 102 valence electrons. The molecule has 2 heterocycles. The fourth-order valence-electron chi connectivity index (χ4n) is 1.73. The first-order chi connectivity index (χ1) is 9.11. The molecule has 4 nitrogen and oxygen atoms in total. The second kappa shape index (κ2) is 6.04. The maximum Gasteiger partial charge on any atom is 0.373 e. The first-order valence-electron chi connectivity index (χ1n) is 6.06. The molecule has 2 aromatic rings. The number of aryl methyl sites for hydroxylation is 1. The Bertz CT molecular complexity index is 559. The summed E-state index contributed by atoms with van der Waals surface area (Å²) >= 11 is 1.73. The lowest BCUT2D eigenvalue weighted by atomic mass is 10.2. The summed E-state index contributed by atoms with van der Waals surface area (Å²) in [5.74, 6) is 0.514. The van der Waals surface area contributed by atoms with Gasteiger partial charge in [0.1, 0.15) is 5.76 Å². The van der Waals surface area contributed by atoms with Crippen LogP contribution in [0.3, 0.4) is 0 Å². The number of thiophene rings is 1. The van der Waals surface area contributed by atoms with Crippen molar-refractivity contribution in [3.05, 3.63) is 45.5 Å². The first kappa shape index (κ1) is 13.8. The molecule has 0 aliphatic heterocycles. The van der Waals surface area contributed by atoms with Crippen LogP contribution in [0.25, 0.3) is 0 Å². The summed E-state index contributed by atoms with van der Waals surface area (Å²) in [6.45, 7) is 4.89. The molecule has 0 aliphatic rings. The van der Waals surface area contributed by atoms with Crippen LogP contribution in [-0.2, 0) is 11.3 Å². The summed E-state index contributed by atoms with van der Waals surface area (Å²) in [4.78, 5) is 12.6. The molecule has 0 bridgehead atoms. The second-order valence-corrected chi connectivity index (χ2v) is 5.32. The van der Waals surface area contributed by atoms with E-state index in [2.05, 4.69) is 28.4 Å². The lowest BCUT2D eigenvalue weighted by Gasteiger charge is -2.10. The van der Waals surface area contributed by atoms with Crippen molar-refractivity contribution in [3.8, 4) is 0 Å². The van der Waals surface area contributed by atoms with Crippen LogP contribution in [0.2, 0.25) is 0 Å². The van der Waals surface area contributed by atoms with Crippen LogP contribution >= 0.6 is 11.3 Å². The van der Waals surface area contributed by atoms with Gasteiger partial charge in [-0.3, -0.25) is 0 Å². The first-order valence-corrected chi connectivity index (χ1v) is 6.94. The Kier molecular flexibility index (Phi) is 4.39. The van der Waals surface area contributed by atoms with Gasteiger partial charge in [-0.2, -0.15) is 0 Å². The van der Waals surface area contributed by atoms with Crippen LogP contribution < -0.4 is 5.32 Å². The summed E-state index contributed by atoms with van der Waals surface area (Å²) in [7, 11) is 1.34. The molecule has 5 heteroatoms. The maximum absolute atomic E-state index is 11.3. The summed E-state index contributed by atoms with van der Waals surface area (Å²) in [6, 6.07) is 5.58. The Morgan fingerprint density at radius 1 is 1.47 bits per heavy atom. The zero-order valence-electron chi connectivity index (χ0n) is 11.2. The van der Waals surface area contributed by atoms with E-state index in [9.17, 15) is 4.79 Å². The van der Waals surface area contributed by atoms with E-state index in [1.807, 2.05) is 6.92 Å². The zero-order chi connectivity index (χ0) is 13.8. The second-order valence-electron chi connectivity index (χ2n) is 4.32. The molecule has 1 N–H and O–H groups in total. The minimum absolute atomic E-state index is 0.0416. The van der Waals surface area contributed by atoms with Gasteiger partial charge in [0, 0.05) is 11.4 Å². The SMILES string of the molecule is COC(=O)c1ccc(C(C)NCc2sccc2C)o1. The van der Waals surface area contributed by atoms with Crippen LogP contribution in [0.5, 0.6) is 0 Å². The predicted octanol–water partition coefficient (Wildman–Crippen LogP) is 3.29. The fourth-order valence-corrected chi connectivity index (χ4v) is 2.58. The van der Waals surface area contributed by atoms with Gasteiger partial charge in [0.25, 0.3) is 0 Å². The third kappa shape index (κ3) is 3.24. The summed E-state index contributed by atoms with van der Waals surface area (Å²) in [5.41, 5.74) is 1.29. The summed E-state index contributed by atoms with van der Waals surface area (Å²) in [5, 5.41) is 5.46. The summed E-state index contributed by atoms with van der Waals surface area (Å²) < 4.78 is 10.1. The topological polar surface area (TPSA) is 51.5 Å². The number of carbonyl (C=O) groups is 1. The Balaban J connectivity index is 1.96. The number of esters is 1. The van der Waals surface area contributed by atoms with Crippen molar-refractivity contribution in [2.75, 3.05) is 7.11 Å². The number of hydrogen-bond acceptors (Lipinski definition) is 5. The molecule has 0 saturated carbocycles. The Morgan fingerprint density at radius 3 is 2.89 bits per heavy atom. The molecule has 0 saturated heterocycles. The van der Waals surface area contributed by atoms with Gasteiger partial charge in [0.15, 0.2) is 0 Å². The third-order valence-electron chi connectivity index (χ3n) is 2.98. The van der Waals surface area contributed by atoms with Gasteiger partial charge in [0.05, 0.1) is 13.2 Å². The van der Waals surface area contributed by atoms with Gasteiger partial charge in [0.2, 0.25) is 5.76 Å². The molecule has 0 aromatic carbocycles. The molecule has 19 heavy (non-hydrogen) atoms.